The minimum absolute atomic E-state index is 0.000505. The van der Waals surface area contributed by atoms with E-state index in [0.717, 1.165) is 12.3 Å². The van der Waals surface area contributed by atoms with Gasteiger partial charge < -0.3 is 20.3 Å². The molecule has 198 valence electrons. The van der Waals surface area contributed by atoms with E-state index >= 15 is 0 Å². The van der Waals surface area contributed by atoms with Crippen LogP contribution in [0.25, 0.3) is 0 Å². The summed E-state index contributed by atoms with van der Waals surface area (Å²) < 4.78 is 72.2. The Kier molecular flexibility index (Phi) is 7.64. The van der Waals surface area contributed by atoms with Crippen molar-refractivity contribution in [3.8, 4) is 5.88 Å². The number of nitrogens with zero attached hydrogens (tertiary/aromatic N) is 4. The van der Waals surface area contributed by atoms with Crippen molar-refractivity contribution in [2.75, 3.05) is 46.7 Å². The molecule has 0 saturated carbocycles. The van der Waals surface area contributed by atoms with E-state index in [4.69, 9.17) is 4.74 Å². The number of hydrogen-bond donors (Lipinski definition) is 3. The number of pyridine rings is 1. The van der Waals surface area contributed by atoms with Crippen molar-refractivity contribution in [2.45, 2.75) is 18.8 Å². The summed E-state index contributed by atoms with van der Waals surface area (Å²) in [6.45, 7) is 0.362. The zero-order valence-electron chi connectivity index (χ0n) is 19.7. The molecule has 1 aliphatic heterocycles. The largest absolute Gasteiger partial charge is 0.479 e. The molecule has 10 nitrogen and oxygen atoms in total. The lowest BCUT2D eigenvalue weighted by Gasteiger charge is -2.32. The highest BCUT2D eigenvalue weighted by atomic mass is 79.9. The number of rotatable bonds is 8. The summed E-state index contributed by atoms with van der Waals surface area (Å²) in [6, 6.07) is 6.95. The van der Waals surface area contributed by atoms with Crippen LogP contribution in [0.3, 0.4) is 0 Å². The van der Waals surface area contributed by atoms with Crippen molar-refractivity contribution < 1.29 is 26.3 Å². The molecule has 3 N–H and O–H groups in total. The fraction of sp³-hybridized carbons (Fsp3) is 0.318. The third-order valence-corrected chi connectivity index (χ3v) is 6.55. The summed E-state index contributed by atoms with van der Waals surface area (Å²) in [6.07, 6.45) is 1.94. The maximum atomic E-state index is 13.7. The van der Waals surface area contributed by atoms with Gasteiger partial charge in [-0.3, -0.25) is 4.72 Å². The predicted octanol–water partition coefficient (Wildman–Crippen LogP) is 4.88. The van der Waals surface area contributed by atoms with Gasteiger partial charge in [0.25, 0.3) is 5.92 Å². The molecular weight excluding hydrogens is 579 g/mol. The second kappa shape index (κ2) is 10.6. The molecule has 0 atom stereocenters. The average Bonchev–Trinajstić information content (AvgIpc) is 2.82. The molecule has 1 fully saturated rings. The number of ether oxygens (including phenoxy) is 1. The first-order chi connectivity index (χ1) is 17.4. The minimum atomic E-state index is -3.67. The van der Waals surface area contributed by atoms with Crippen molar-refractivity contribution in [2.24, 2.45) is 0 Å². The predicted molar refractivity (Wildman–Crippen MR) is 138 cm³/mol. The van der Waals surface area contributed by atoms with E-state index in [1.807, 2.05) is 0 Å². The molecule has 0 aliphatic carbocycles. The Morgan fingerprint density at radius 3 is 2.43 bits per heavy atom. The highest BCUT2D eigenvalue weighted by Crippen LogP contribution is 2.34. The molecule has 1 aromatic carbocycles. The maximum Gasteiger partial charge on any atom is 0.251 e. The number of anilines is 6. The van der Waals surface area contributed by atoms with Gasteiger partial charge in [-0.2, -0.15) is 9.97 Å². The second-order valence-corrected chi connectivity index (χ2v) is 10.9. The molecule has 1 saturated heterocycles. The fourth-order valence-corrected chi connectivity index (χ4v) is 4.45. The van der Waals surface area contributed by atoms with Crippen LogP contribution in [0.5, 0.6) is 5.88 Å². The lowest BCUT2D eigenvalue weighted by Crippen LogP contribution is -2.39. The van der Waals surface area contributed by atoms with E-state index in [0.29, 0.717) is 16.0 Å². The first kappa shape index (κ1) is 26.7. The summed E-state index contributed by atoms with van der Waals surface area (Å²) in [5.41, 5.74) is 0.690. The van der Waals surface area contributed by atoms with Crippen molar-refractivity contribution in [1.29, 1.82) is 0 Å². The van der Waals surface area contributed by atoms with Gasteiger partial charge in [-0.15, -0.1) is 0 Å². The van der Waals surface area contributed by atoms with E-state index in [1.54, 1.807) is 17.0 Å². The Bertz CT molecular complexity index is 1400. The number of alkyl halides is 2. The van der Waals surface area contributed by atoms with Crippen LogP contribution in [-0.4, -0.2) is 55.7 Å². The van der Waals surface area contributed by atoms with E-state index in [1.165, 1.54) is 25.4 Å². The lowest BCUT2D eigenvalue weighted by atomic mass is 10.1. The molecule has 0 unspecified atom stereocenters. The SMILES string of the molecule is COc1nc(N2CCC(F)(F)CC2)ccc1Nc1ncc(Br)c(Nc2ccc(F)cc2NS(C)(=O)=O)n1. The summed E-state index contributed by atoms with van der Waals surface area (Å²) >= 11 is 3.34. The van der Waals surface area contributed by atoms with Crippen LogP contribution in [0.1, 0.15) is 12.8 Å². The van der Waals surface area contributed by atoms with Gasteiger partial charge in [-0.25, -0.2) is 26.6 Å². The molecule has 0 spiro atoms. The summed E-state index contributed by atoms with van der Waals surface area (Å²) in [5, 5.41) is 5.96. The van der Waals surface area contributed by atoms with Crippen LogP contribution in [0, 0.1) is 5.82 Å². The maximum absolute atomic E-state index is 13.7. The van der Waals surface area contributed by atoms with E-state index in [-0.39, 0.29) is 55.0 Å². The topological polar surface area (TPSA) is 121 Å². The van der Waals surface area contributed by atoms with Gasteiger partial charge >= 0.3 is 0 Å². The van der Waals surface area contributed by atoms with Crippen molar-refractivity contribution in [3.05, 3.63) is 46.8 Å². The van der Waals surface area contributed by atoms with Gasteiger partial charge in [0.1, 0.15) is 23.1 Å². The van der Waals surface area contributed by atoms with Crippen molar-refractivity contribution in [3.63, 3.8) is 0 Å². The van der Waals surface area contributed by atoms with Gasteiger partial charge in [-0.05, 0) is 40.2 Å². The standard InChI is InChI=1S/C22H23BrF3N7O3S/c1-36-20-16(5-6-18(30-20)33-9-7-22(25,26)8-10-33)29-21-27-12-14(23)19(31-21)28-15-4-3-13(24)11-17(15)32-37(2,34)35/h3-6,11-12,32H,7-10H2,1-2H3,(H2,27,28,29,31). The Morgan fingerprint density at radius 2 is 1.76 bits per heavy atom. The molecule has 3 aromatic rings. The third kappa shape index (κ3) is 6.91. The molecule has 1 aliphatic rings. The third-order valence-electron chi connectivity index (χ3n) is 5.38. The van der Waals surface area contributed by atoms with Crippen LogP contribution >= 0.6 is 15.9 Å². The molecule has 4 rings (SSSR count). The molecule has 0 amide bonds. The van der Waals surface area contributed by atoms with Crippen LogP contribution in [0.4, 0.5) is 47.8 Å². The lowest BCUT2D eigenvalue weighted by molar-refractivity contribution is -0.0221. The van der Waals surface area contributed by atoms with Gasteiger partial charge in [0.05, 0.1) is 29.2 Å². The number of methoxy groups -OCH3 is 1. The number of nitrogens with one attached hydrogen (secondary N) is 3. The monoisotopic (exact) mass is 601 g/mol. The Labute approximate surface area is 219 Å². The van der Waals surface area contributed by atoms with Gasteiger partial charge in [0.2, 0.25) is 21.9 Å². The average molecular weight is 602 g/mol. The Morgan fingerprint density at radius 1 is 1.05 bits per heavy atom. The molecule has 37 heavy (non-hydrogen) atoms. The highest BCUT2D eigenvalue weighted by molar-refractivity contribution is 9.10. The molecule has 0 bridgehead atoms. The van der Waals surface area contributed by atoms with Gasteiger partial charge in [-0.1, -0.05) is 0 Å². The fourth-order valence-electron chi connectivity index (χ4n) is 3.59. The van der Waals surface area contributed by atoms with Gasteiger partial charge in [0.15, 0.2) is 0 Å². The number of sulfonamides is 1. The second-order valence-electron chi connectivity index (χ2n) is 8.27. The van der Waals surface area contributed by atoms with Crippen molar-refractivity contribution >= 4 is 60.6 Å². The molecule has 15 heteroatoms. The minimum Gasteiger partial charge on any atom is -0.479 e. The molecule has 2 aromatic heterocycles. The van der Waals surface area contributed by atoms with E-state index in [2.05, 4.69) is 46.2 Å². The molecule has 3 heterocycles. The number of piperidine rings is 1. The van der Waals surface area contributed by atoms with E-state index in [9.17, 15) is 21.6 Å². The Hall–Kier alpha value is -3.33. The normalized spacial score (nSPS) is 15.2. The van der Waals surface area contributed by atoms with Crippen LogP contribution in [-0.2, 0) is 10.0 Å². The number of hydrogen-bond acceptors (Lipinski definition) is 9. The van der Waals surface area contributed by atoms with Crippen LogP contribution in [0.15, 0.2) is 41.0 Å². The van der Waals surface area contributed by atoms with Crippen molar-refractivity contribution in [1.82, 2.24) is 15.0 Å². The quantitative estimate of drug-likeness (QED) is 0.332. The van der Waals surface area contributed by atoms with Crippen LogP contribution in [0.2, 0.25) is 0 Å². The number of benzene rings is 1. The molecular formula is C22H23BrF3N7O3S. The summed E-state index contributed by atoms with van der Waals surface area (Å²) in [5.74, 6) is -2.15. The summed E-state index contributed by atoms with van der Waals surface area (Å²) in [7, 11) is -2.24. The van der Waals surface area contributed by atoms with Gasteiger partial charge in [0, 0.05) is 38.2 Å². The number of aromatic nitrogens is 3. The zero-order chi connectivity index (χ0) is 26.8. The smallest absolute Gasteiger partial charge is 0.251 e. The first-order valence-corrected chi connectivity index (χ1v) is 13.6. The van der Waals surface area contributed by atoms with E-state index < -0.39 is 21.8 Å². The molecule has 0 radical (unpaired) electrons. The number of halogens is 4. The highest BCUT2D eigenvalue weighted by Gasteiger charge is 2.34. The summed E-state index contributed by atoms with van der Waals surface area (Å²) in [4.78, 5) is 14.8. The first-order valence-electron chi connectivity index (χ1n) is 10.9. The Balaban J connectivity index is 1.56. The van der Waals surface area contributed by atoms with Crippen LogP contribution < -0.4 is 25.0 Å². The zero-order valence-corrected chi connectivity index (χ0v) is 22.1.